The molecule has 0 saturated heterocycles. The Balaban J connectivity index is 2.29. The first-order valence-corrected chi connectivity index (χ1v) is 7.51. The molecule has 1 aromatic carbocycles. The molecule has 0 spiro atoms. The number of aryl methyl sites for hydroxylation is 1. The van der Waals surface area contributed by atoms with Crippen LogP contribution in [0, 0.1) is 0 Å². The number of nitrogens with zero attached hydrogens (tertiary/aromatic N) is 2. The van der Waals surface area contributed by atoms with E-state index in [4.69, 9.17) is 10.5 Å². The standard InChI is InChI=1S/C16H20N4O2/c1-3-5-9-6-10(21)7-11-13(9)14-15(16(17)18-11)20-12(19-14)8-22-4-2/h6-7,21H,3-5,8H2,1-2H3,(H2,17,18)(H,19,20). The number of nitrogens with two attached hydrogens (primary N) is 1. The number of hydrogen-bond acceptors (Lipinski definition) is 5. The van der Waals surface area contributed by atoms with Crippen molar-refractivity contribution in [1.29, 1.82) is 0 Å². The highest BCUT2D eigenvalue weighted by Gasteiger charge is 2.15. The summed E-state index contributed by atoms with van der Waals surface area (Å²) in [5.74, 6) is 1.31. The summed E-state index contributed by atoms with van der Waals surface area (Å²) in [4.78, 5) is 12.2. The molecule has 3 aromatic rings. The van der Waals surface area contributed by atoms with Crippen molar-refractivity contribution >= 4 is 27.8 Å². The van der Waals surface area contributed by atoms with Crippen LogP contribution in [-0.2, 0) is 17.8 Å². The van der Waals surface area contributed by atoms with Crippen LogP contribution in [-0.4, -0.2) is 26.7 Å². The number of ether oxygens (including phenoxy) is 1. The molecule has 2 heterocycles. The molecular formula is C16H20N4O2. The Morgan fingerprint density at radius 1 is 1.27 bits per heavy atom. The maximum Gasteiger partial charge on any atom is 0.150 e. The molecule has 22 heavy (non-hydrogen) atoms. The molecule has 6 nitrogen and oxygen atoms in total. The molecule has 116 valence electrons. The lowest BCUT2D eigenvalue weighted by atomic mass is 10.0. The Bertz CT molecular complexity index is 826. The second-order valence-electron chi connectivity index (χ2n) is 5.29. The fourth-order valence-electron chi connectivity index (χ4n) is 2.74. The number of aromatic amines is 1. The number of phenolic OH excluding ortho intramolecular Hbond substituents is 1. The van der Waals surface area contributed by atoms with Gasteiger partial charge in [-0.15, -0.1) is 0 Å². The number of rotatable bonds is 5. The minimum atomic E-state index is 0.201. The van der Waals surface area contributed by atoms with Crippen LogP contribution in [0.3, 0.4) is 0 Å². The van der Waals surface area contributed by atoms with Crippen LogP contribution < -0.4 is 5.73 Å². The third-order valence-corrected chi connectivity index (χ3v) is 3.63. The van der Waals surface area contributed by atoms with Gasteiger partial charge in [0.2, 0.25) is 0 Å². The van der Waals surface area contributed by atoms with Crippen LogP contribution in [0.1, 0.15) is 31.7 Å². The third kappa shape index (κ3) is 2.46. The number of phenols is 1. The van der Waals surface area contributed by atoms with Crippen LogP contribution in [0.4, 0.5) is 5.82 Å². The Labute approximate surface area is 128 Å². The molecule has 2 aromatic heterocycles. The van der Waals surface area contributed by atoms with Gasteiger partial charge in [0.1, 0.15) is 35.0 Å². The number of hydrogen-bond donors (Lipinski definition) is 3. The summed E-state index contributed by atoms with van der Waals surface area (Å²) in [5, 5.41) is 10.8. The predicted octanol–water partition coefficient (Wildman–Crippen LogP) is 2.89. The van der Waals surface area contributed by atoms with E-state index in [9.17, 15) is 5.11 Å². The molecule has 0 amide bonds. The lowest BCUT2D eigenvalue weighted by Gasteiger charge is -2.08. The van der Waals surface area contributed by atoms with Gasteiger partial charge in [0.15, 0.2) is 0 Å². The van der Waals surface area contributed by atoms with Crippen molar-refractivity contribution in [2.24, 2.45) is 0 Å². The van der Waals surface area contributed by atoms with Crippen LogP contribution in [0.15, 0.2) is 12.1 Å². The number of H-pyrrole nitrogens is 1. The van der Waals surface area contributed by atoms with E-state index in [1.165, 1.54) is 0 Å². The van der Waals surface area contributed by atoms with Crippen molar-refractivity contribution in [3.63, 3.8) is 0 Å². The summed E-state index contributed by atoms with van der Waals surface area (Å²) in [7, 11) is 0. The number of aromatic nitrogens is 3. The van der Waals surface area contributed by atoms with E-state index >= 15 is 0 Å². The minimum absolute atomic E-state index is 0.201. The number of fused-ring (bicyclic) bond motifs is 3. The molecule has 6 heteroatoms. The summed E-state index contributed by atoms with van der Waals surface area (Å²) in [6.07, 6.45) is 1.82. The SMILES string of the molecule is CCCc1cc(O)cc2nc(N)c3[nH]c(COCC)nc3c12. The largest absolute Gasteiger partial charge is 0.508 e. The van der Waals surface area contributed by atoms with E-state index in [1.807, 2.05) is 6.92 Å². The number of nitrogen functional groups attached to an aromatic ring is 1. The number of anilines is 1. The van der Waals surface area contributed by atoms with Gasteiger partial charge < -0.3 is 20.6 Å². The molecule has 0 unspecified atom stereocenters. The first-order chi connectivity index (χ1) is 10.6. The van der Waals surface area contributed by atoms with Crippen molar-refractivity contribution < 1.29 is 9.84 Å². The average molecular weight is 300 g/mol. The number of aromatic hydroxyl groups is 1. The second-order valence-corrected chi connectivity index (χ2v) is 5.29. The Kier molecular flexibility index (Phi) is 3.85. The quantitative estimate of drug-likeness (QED) is 0.673. The van der Waals surface area contributed by atoms with Gasteiger partial charge in [-0.2, -0.15) is 0 Å². The fourth-order valence-corrected chi connectivity index (χ4v) is 2.74. The summed E-state index contributed by atoms with van der Waals surface area (Å²) >= 11 is 0. The highest BCUT2D eigenvalue weighted by atomic mass is 16.5. The van der Waals surface area contributed by atoms with Gasteiger partial charge >= 0.3 is 0 Å². The van der Waals surface area contributed by atoms with Crippen molar-refractivity contribution in [1.82, 2.24) is 15.0 Å². The number of benzene rings is 1. The lowest BCUT2D eigenvalue weighted by molar-refractivity contribution is 0.129. The molecule has 0 aliphatic carbocycles. The van der Waals surface area contributed by atoms with Gasteiger partial charge in [-0.3, -0.25) is 0 Å². The van der Waals surface area contributed by atoms with Crippen LogP contribution in [0.2, 0.25) is 0 Å². The molecule has 0 fully saturated rings. The van der Waals surface area contributed by atoms with Gasteiger partial charge in [0, 0.05) is 18.1 Å². The summed E-state index contributed by atoms with van der Waals surface area (Å²) < 4.78 is 5.40. The summed E-state index contributed by atoms with van der Waals surface area (Å²) in [6, 6.07) is 3.40. The van der Waals surface area contributed by atoms with Gasteiger partial charge in [0.05, 0.1) is 5.52 Å². The second kappa shape index (κ2) is 5.81. The first-order valence-electron chi connectivity index (χ1n) is 7.51. The van der Waals surface area contributed by atoms with E-state index in [0.717, 1.165) is 40.6 Å². The Morgan fingerprint density at radius 2 is 2.09 bits per heavy atom. The molecule has 0 saturated carbocycles. The van der Waals surface area contributed by atoms with E-state index in [0.29, 0.717) is 24.5 Å². The maximum absolute atomic E-state index is 9.89. The van der Waals surface area contributed by atoms with E-state index in [2.05, 4.69) is 21.9 Å². The molecular weight excluding hydrogens is 280 g/mol. The Morgan fingerprint density at radius 3 is 2.82 bits per heavy atom. The summed E-state index contributed by atoms with van der Waals surface area (Å²) in [5.41, 5.74) is 9.25. The zero-order valence-corrected chi connectivity index (χ0v) is 12.8. The van der Waals surface area contributed by atoms with E-state index < -0.39 is 0 Å². The zero-order valence-electron chi connectivity index (χ0n) is 12.8. The smallest absolute Gasteiger partial charge is 0.150 e. The topological polar surface area (TPSA) is 97.1 Å². The number of imidazole rings is 1. The third-order valence-electron chi connectivity index (χ3n) is 3.63. The zero-order chi connectivity index (χ0) is 15.7. The van der Waals surface area contributed by atoms with Gasteiger partial charge in [-0.1, -0.05) is 13.3 Å². The van der Waals surface area contributed by atoms with Crippen molar-refractivity contribution in [2.45, 2.75) is 33.3 Å². The fraction of sp³-hybridized carbons (Fsp3) is 0.375. The Hall–Kier alpha value is -2.34. The normalized spacial score (nSPS) is 11.5. The predicted molar refractivity (Wildman–Crippen MR) is 86.8 cm³/mol. The molecule has 0 radical (unpaired) electrons. The van der Waals surface area contributed by atoms with Gasteiger partial charge in [-0.25, -0.2) is 9.97 Å². The van der Waals surface area contributed by atoms with Crippen molar-refractivity contribution in [3.8, 4) is 5.75 Å². The molecule has 3 rings (SSSR count). The van der Waals surface area contributed by atoms with E-state index in [1.54, 1.807) is 12.1 Å². The maximum atomic E-state index is 9.89. The number of nitrogens with one attached hydrogen (secondary N) is 1. The van der Waals surface area contributed by atoms with E-state index in [-0.39, 0.29) is 5.75 Å². The number of pyridine rings is 1. The highest BCUT2D eigenvalue weighted by Crippen LogP contribution is 2.32. The van der Waals surface area contributed by atoms with Crippen molar-refractivity contribution in [3.05, 3.63) is 23.5 Å². The molecule has 0 bridgehead atoms. The van der Waals surface area contributed by atoms with Crippen LogP contribution >= 0.6 is 0 Å². The molecule has 0 aliphatic heterocycles. The monoisotopic (exact) mass is 300 g/mol. The van der Waals surface area contributed by atoms with Crippen LogP contribution in [0.25, 0.3) is 21.9 Å². The molecule has 0 aliphatic rings. The molecule has 4 N–H and O–H groups in total. The summed E-state index contributed by atoms with van der Waals surface area (Å²) in [6.45, 7) is 5.08. The lowest BCUT2D eigenvalue weighted by Crippen LogP contribution is -1.96. The first kappa shape index (κ1) is 14.6. The minimum Gasteiger partial charge on any atom is -0.508 e. The average Bonchev–Trinajstić information content (AvgIpc) is 2.89. The van der Waals surface area contributed by atoms with Crippen LogP contribution in [0.5, 0.6) is 5.75 Å². The van der Waals surface area contributed by atoms with Crippen molar-refractivity contribution in [2.75, 3.05) is 12.3 Å². The highest BCUT2D eigenvalue weighted by molar-refractivity contribution is 6.08. The van der Waals surface area contributed by atoms with Gasteiger partial charge in [0.25, 0.3) is 0 Å². The van der Waals surface area contributed by atoms with Gasteiger partial charge in [-0.05, 0) is 25.0 Å². The molecule has 0 atom stereocenters.